The molecule has 0 atom stereocenters. The van der Waals surface area contributed by atoms with Gasteiger partial charge >= 0.3 is 0 Å². The molecule has 0 amide bonds. The minimum Gasteiger partial charge on any atom is -0.507 e. The van der Waals surface area contributed by atoms with Crippen LogP contribution in [0.3, 0.4) is 0 Å². The zero-order valence-electron chi connectivity index (χ0n) is 27.8. The summed E-state index contributed by atoms with van der Waals surface area (Å²) in [6.07, 6.45) is 14.7. The molecule has 0 aliphatic carbocycles. The van der Waals surface area contributed by atoms with E-state index < -0.39 is 0 Å². The molecule has 2 nitrogen and oxygen atoms in total. The molecular weight excluding hydrogens is 500 g/mol. The Hall–Kier alpha value is -2.48. The minimum absolute atomic E-state index is 0.219. The van der Waals surface area contributed by atoms with Crippen LogP contribution in [0, 0.1) is 0 Å². The zero-order valence-corrected chi connectivity index (χ0v) is 27.8. The first-order valence-corrected chi connectivity index (χ1v) is 16.3. The van der Waals surface area contributed by atoms with Crippen molar-refractivity contribution in [3.05, 3.63) is 70.8 Å². The standard InChI is InChI=1S/C39H60O2/c1-11-13-15-17-19-21-28(3)30-23-32(36(40)34(26-30)38(5,6)7)25-33-24-31(27-35(37(33)41)39(8,9)10)29(4)22-20-18-16-14-12-2/h23-24,26-27,40-41H,3-4,11-22,25H2,1-2,5-10H3. The number of benzene rings is 2. The van der Waals surface area contributed by atoms with Gasteiger partial charge in [0, 0.05) is 17.5 Å². The van der Waals surface area contributed by atoms with Gasteiger partial charge in [-0.3, -0.25) is 0 Å². The fraction of sp³-hybridized carbons (Fsp3) is 0.590. The van der Waals surface area contributed by atoms with Gasteiger partial charge in [-0.1, -0.05) is 120 Å². The van der Waals surface area contributed by atoms with Gasteiger partial charge in [0.1, 0.15) is 11.5 Å². The highest BCUT2D eigenvalue weighted by molar-refractivity contribution is 5.69. The SMILES string of the molecule is C=C(CCCCCCC)c1cc(Cc2cc(C(=C)CCCCCCC)cc(C(C)(C)C)c2O)c(O)c(C(C)(C)C)c1. The van der Waals surface area contributed by atoms with E-state index in [-0.39, 0.29) is 10.8 Å². The summed E-state index contributed by atoms with van der Waals surface area (Å²) in [6.45, 7) is 26.2. The molecule has 0 saturated heterocycles. The predicted octanol–water partition coefficient (Wildman–Crippen LogP) is 12.0. The average molecular weight is 561 g/mol. The van der Waals surface area contributed by atoms with Crippen molar-refractivity contribution in [2.24, 2.45) is 0 Å². The van der Waals surface area contributed by atoms with Crippen molar-refractivity contribution in [1.29, 1.82) is 0 Å². The summed E-state index contributed by atoms with van der Waals surface area (Å²) in [4.78, 5) is 0. The summed E-state index contributed by atoms with van der Waals surface area (Å²) in [5.41, 5.74) is 7.56. The fourth-order valence-corrected chi connectivity index (χ4v) is 5.59. The number of phenolic OH excluding ortho intramolecular Hbond substituents is 2. The maximum atomic E-state index is 11.5. The molecule has 0 fully saturated rings. The first kappa shape index (κ1) is 34.7. The van der Waals surface area contributed by atoms with E-state index in [9.17, 15) is 10.2 Å². The van der Waals surface area contributed by atoms with E-state index in [1.807, 2.05) is 0 Å². The first-order valence-electron chi connectivity index (χ1n) is 16.3. The van der Waals surface area contributed by atoms with Crippen LogP contribution in [0.4, 0.5) is 0 Å². The van der Waals surface area contributed by atoms with Gasteiger partial charge in [0.25, 0.3) is 0 Å². The second-order valence-corrected chi connectivity index (χ2v) is 14.3. The third-order valence-corrected chi connectivity index (χ3v) is 8.36. The summed E-state index contributed by atoms with van der Waals surface area (Å²) in [6, 6.07) is 8.46. The molecule has 0 bridgehead atoms. The summed E-state index contributed by atoms with van der Waals surface area (Å²) in [5, 5.41) is 23.0. The van der Waals surface area contributed by atoms with Crippen LogP contribution < -0.4 is 0 Å². The average Bonchev–Trinajstić information content (AvgIpc) is 2.89. The second kappa shape index (κ2) is 15.7. The molecule has 228 valence electrons. The largest absolute Gasteiger partial charge is 0.507 e. The molecule has 0 saturated carbocycles. The molecule has 0 spiro atoms. The van der Waals surface area contributed by atoms with Gasteiger partial charge in [-0.05, 0) is 94.2 Å². The zero-order chi connectivity index (χ0) is 30.8. The van der Waals surface area contributed by atoms with E-state index >= 15 is 0 Å². The Balaban J connectivity index is 2.48. The van der Waals surface area contributed by atoms with E-state index in [0.29, 0.717) is 17.9 Å². The number of hydrogen-bond donors (Lipinski definition) is 2. The summed E-state index contributed by atoms with van der Waals surface area (Å²) in [7, 11) is 0. The Morgan fingerprint density at radius 3 is 1.22 bits per heavy atom. The lowest BCUT2D eigenvalue weighted by molar-refractivity contribution is 0.435. The van der Waals surface area contributed by atoms with E-state index in [1.165, 1.54) is 51.4 Å². The molecular formula is C39H60O2. The van der Waals surface area contributed by atoms with Crippen LogP contribution in [0.15, 0.2) is 37.4 Å². The number of unbranched alkanes of at least 4 members (excludes halogenated alkanes) is 8. The highest BCUT2D eigenvalue weighted by Crippen LogP contribution is 2.41. The van der Waals surface area contributed by atoms with E-state index in [1.54, 1.807) is 0 Å². The number of rotatable bonds is 16. The van der Waals surface area contributed by atoms with Crippen LogP contribution in [-0.2, 0) is 17.3 Å². The van der Waals surface area contributed by atoms with Crippen molar-refractivity contribution in [3.8, 4) is 11.5 Å². The van der Waals surface area contributed by atoms with Crippen LogP contribution in [0.1, 0.15) is 166 Å². The van der Waals surface area contributed by atoms with Crippen molar-refractivity contribution < 1.29 is 10.2 Å². The Bertz CT molecular complexity index is 1060. The van der Waals surface area contributed by atoms with Gasteiger partial charge in [-0.2, -0.15) is 0 Å². The van der Waals surface area contributed by atoms with Crippen LogP contribution in [0.25, 0.3) is 11.1 Å². The molecule has 2 aromatic carbocycles. The molecule has 41 heavy (non-hydrogen) atoms. The van der Waals surface area contributed by atoms with Gasteiger partial charge in [-0.25, -0.2) is 0 Å². The summed E-state index contributed by atoms with van der Waals surface area (Å²) < 4.78 is 0. The molecule has 0 aliphatic heterocycles. The molecule has 2 rings (SSSR count). The van der Waals surface area contributed by atoms with Crippen molar-refractivity contribution in [2.75, 3.05) is 0 Å². The molecule has 0 radical (unpaired) electrons. The van der Waals surface area contributed by atoms with E-state index in [0.717, 1.165) is 70.2 Å². The lowest BCUT2D eigenvalue weighted by Gasteiger charge is -2.26. The summed E-state index contributed by atoms with van der Waals surface area (Å²) in [5.74, 6) is 0.655. The van der Waals surface area contributed by atoms with Crippen LogP contribution in [-0.4, -0.2) is 10.2 Å². The maximum absolute atomic E-state index is 11.5. The normalized spacial score (nSPS) is 12.1. The predicted molar refractivity (Wildman–Crippen MR) is 181 cm³/mol. The highest BCUT2D eigenvalue weighted by atomic mass is 16.3. The third kappa shape index (κ3) is 10.4. The van der Waals surface area contributed by atoms with Gasteiger partial charge < -0.3 is 10.2 Å². The van der Waals surface area contributed by atoms with Crippen molar-refractivity contribution in [2.45, 2.75) is 150 Å². The monoisotopic (exact) mass is 560 g/mol. The number of aromatic hydroxyl groups is 2. The smallest absolute Gasteiger partial charge is 0.122 e. The quantitative estimate of drug-likeness (QED) is 0.200. The highest BCUT2D eigenvalue weighted by Gasteiger charge is 2.25. The van der Waals surface area contributed by atoms with Crippen molar-refractivity contribution >= 4 is 11.1 Å². The minimum atomic E-state index is -0.219. The van der Waals surface area contributed by atoms with E-state index in [2.05, 4.69) is 92.8 Å². The number of allylic oxidation sites excluding steroid dienone is 2. The topological polar surface area (TPSA) is 40.5 Å². The van der Waals surface area contributed by atoms with Gasteiger partial charge in [0.2, 0.25) is 0 Å². The molecule has 0 aromatic heterocycles. The van der Waals surface area contributed by atoms with Crippen LogP contribution in [0.2, 0.25) is 0 Å². The van der Waals surface area contributed by atoms with Gasteiger partial charge in [-0.15, -0.1) is 0 Å². The third-order valence-electron chi connectivity index (χ3n) is 8.36. The molecule has 2 heteroatoms. The lowest BCUT2D eigenvalue weighted by Crippen LogP contribution is -2.14. The first-order chi connectivity index (χ1) is 19.2. The molecule has 2 N–H and O–H groups in total. The molecule has 0 heterocycles. The number of hydrogen-bond acceptors (Lipinski definition) is 2. The molecule has 0 aliphatic rings. The Morgan fingerprint density at radius 1 is 0.561 bits per heavy atom. The van der Waals surface area contributed by atoms with Crippen molar-refractivity contribution in [1.82, 2.24) is 0 Å². The Kier molecular flexibility index (Phi) is 13.3. The van der Waals surface area contributed by atoms with Gasteiger partial charge in [0.15, 0.2) is 0 Å². The van der Waals surface area contributed by atoms with Crippen molar-refractivity contribution in [3.63, 3.8) is 0 Å². The van der Waals surface area contributed by atoms with Crippen LogP contribution >= 0.6 is 0 Å². The maximum Gasteiger partial charge on any atom is 0.122 e. The van der Waals surface area contributed by atoms with E-state index in [4.69, 9.17) is 0 Å². The molecule has 0 unspecified atom stereocenters. The van der Waals surface area contributed by atoms with Crippen LogP contribution in [0.5, 0.6) is 11.5 Å². The number of phenols is 2. The second-order valence-electron chi connectivity index (χ2n) is 14.3. The molecule has 2 aromatic rings. The fourth-order valence-electron chi connectivity index (χ4n) is 5.59. The lowest BCUT2D eigenvalue weighted by atomic mass is 9.80. The Morgan fingerprint density at radius 2 is 0.902 bits per heavy atom. The summed E-state index contributed by atoms with van der Waals surface area (Å²) >= 11 is 0. The Labute approximate surface area is 253 Å². The van der Waals surface area contributed by atoms with Gasteiger partial charge in [0.05, 0.1) is 0 Å².